The van der Waals surface area contributed by atoms with Crippen molar-refractivity contribution in [2.75, 3.05) is 44.6 Å². The predicted molar refractivity (Wildman–Crippen MR) is 120 cm³/mol. The van der Waals surface area contributed by atoms with E-state index < -0.39 is 5.60 Å². The lowest BCUT2D eigenvalue weighted by molar-refractivity contribution is 0.0144. The van der Waals surface area contributed by atoms with Crippen molar-refractivity contribution in [3.05, 3.63) is 42.5 Å². The molecule has 1 aliphatic heterocycles. The molecule has 2 aromatic rings. The van der Waals surface area contributed by atoms with Crippen molar-refractivity contribution in [2.45, 2.75) is 32.8 Å². The van der Waals surface area contributed by atoms with Gasteiger partial charge in [0.2, 0.25) is 0 Å². The summed E-state index contributed by atoms with van der Waals surface area (Å²) in [5, 5.41) is 7.99. The van der Waals surface area contributed by atoms with Crippen molar-refractivity contribution >= 4 is 28.6 Å². The number of nitrogens with zero attached hydrogens (tertiary/aromatic N) is 2. The Labute approximate surface area is 178 Å². The Morgan fingerprint density at radius 1 is 1.00 bits per heavy atom. The van der Waals surface area contributed by atoms with Crippen LogP contribution in [0, 0.1) is 0 Å². The van der Waals surface area contributed by atoms with Gasteiger partial charge in [0.05, 0.1) is 5.69 Å². The van der Waals surface area contributed by atoms with Gasteiger partial charge in [-0.1, -0.05) is 36.4 Å². The number of amides is 3. The molecule has 3 amide bonds. The summed E-state index contributed by atoms with van der Waals surface area (Å²) in [6.07, 6.45) is 0.615. The lowest BCUT2D eigenvalue weighted by Gasteiger charge is -2.35. The number of hydrogen-bond donors (Lipinski definition) is 2. The molecule has 7 heteroatoms. The molecule has 1 heterocycles. The summed E-state index contributed by atoms with van der Waals surface area (Å²) in [6, 6.07) is 13.7. The Morgan fingerprint density at radius 2 is 1.70 bits per heavy atom. The standard InChI is InChI=1S/C23H32N4O3/c1-23(2,3)30-22(29)27-16-14-26(15-17-27)13-7-12-24-21(28)25-20-11-6-9-18-8-4-5-10-19(18)20/h4-6,8-11H,7,12-17H2,1-3H3,(H2,24,25,28). The van der Waals surface area contributed by atoms with Crippen LogP contribution in [0.2, 0.25) is 0 Å². The molecule has 30 heavy (non-hydrogen) atoms. The minimum absolute atomic E-state index is 0.193. The number of nitrogens with one attached hydrogen (secondary N) is 2. The van der Waals surface area contributed by atoms with E-state index in [2.05, 4.69) is 15.5 Å². The van der Waals surface area contributed by atoms with Gasteiger partial charge in [0.25, 0.3) is 0 Å². The van der Waals surface area contributed by atoms with Crippen LogP contribution in [0.15, 0.2) is 42.5 Å². The second-order valence-electron chi connectivity index (χ2n) is 8.57. The van der Waals surface area contributed by atoms with Crippen LogP contribution in [0.3, 0.4) is 0 Å². The van der Waals surface area contributed by atoms with Gasteiger partial charge in [-0.2, -0.15) is 0 Å². The first-order valence-corrected chi connectivity index (χ1v) is 10.5. The van der Waals surface area contributed by atoms with Gasteiger partial charge in [-0.05, 0) is 45.2 Å². The molecule has 2 N–H and O–H groups in total. The zero-order chi connectivity index (χ0) is 21.6. The van der Waals surface area contributed by atoms with Gasteiger partial charge < -0.3 is 20.3 Å². The molecule has 0 spiro atoms. The summed E-state index contributed by atoms with van der Waals surface area (Å²) < 4.78 is 5.43. The van der Waals surface area contributed by atoms with E-state index in [0.29, 0.717) is 19.6 Å². The summed E-state index contributed by atoms with van der Waals surface area (Å²) in [4.78, 5) is 28.4. The fourth-order valence-corrected chi connectivity index (χ4v) is 3.49. The fourth-order valence-electron chi connectivity index (χ4n) is 3.49. The number of carbonyl (C=O) groups excluding carboxylic acids is 2. The monoisotopic (exact) mass is 412 g/mol. The first kappa shape index (κ1) is 21.9. The molecule has 0 atom stereocenters. The Kier molecular flexibility index (Phi) is 7.15. The molecular formula is C23H32N4O3. The van der Waals surface area contributed by atoms with Gasteiger partial charge in [-0.15, -0.1) is 0 Å². The molecule has 0 unspecified atom stereocenters. The maximum Gasteiger partial charge on any atom is 0.410 e. The third kappa shape index (κ3) is 6.35. The van der Waals surface area contributed by atoms with Gasteiger partial charge in [0, 0.05) is 38.1 Å². The maximum atomic E-state index is 12.2. The second kappa shape index (κ2) is 9.80. The Hall–Kier alpha value is -2.80. The lowest BCUT2D eigenvalue weighted by Crippen LogP contribution is -2.50. The second-order valence-corrected chi connectivity index (χ2v) is 8.57. The number of benzene rings is 2. The molecule has 3 rings (SSSR count). The molecule has 162 valence electrons. The molecule has 7 nitrogen and oxygen atoms in total. The predicted octanol–water partition coefficient (Wildman–Crippen LogP) is 3.90. The van der Waals surface area contributed by atoms with E-state index >= 15 is 0 Å². The molecule has 1 fully saturated rings. The number of urea groups is 1. The molecule has 0 aliphatic carbocycles. The van der Waals surface area contributed by atoms with Gasteiger partial charge in [-0.25, -0.2) is 9.59 Å². The average Bonchev–Trinajstić information content (AvgIpc) is 2.71. The highest BCUT2D eigenvalue weighted by molar-refractivity contribution is 6.01. The van der Waals surface area contributed by atoms with Crippen molar-refractivity contribution in [1.29, 1.82) is 0 Å². The summed E-state index contributed by atoms with van der Waals surface area (Å²) in [6.45, 7) is 10.1. The van der Waals surface area contributed by atoms with Crippen molar-refractivity contribution in [3.63, 3.8) is 0 Å². The molecule has 0 saturated carbocycles. The van der Waals surface area contributed by atoms with Crippen LogP contribution in [0.25, 0.3) is 10.8 Å². The number of rotatable bonds is 5. The van der Waals surface area contributed by atoms with Crippen LogP contribution in [-0.4, -0.2) is 66.8 Å². The van der Waals surface area contributed by atoms with E-state index in [1.165, 1.54) is 0 Å². The van der Waals surface area contributed by atoms with Gasteiger partial charge in [0.15, 0.2) is 0 Å². The van der Waals surface area contributed by atoms with Crippen molar-refractivity contribution in [2.24, 2.45) is 0 Å². The van der Waals surface area contributed by atoms with Crippen LogP contribution in [-0.2, 0) is 4.74 Å². The molecule has 1 saturated heterocycles. The van der Waals surface area contributed by atoms with Gasteiger partial charge >= 0.3 is 12.1 Å². The van der Waals surface area contributed by atoms with Crippen LogP contribution >= 0.6 is 0 Å². The van der Waals surface area contributed by atoms with E-state index in [1.807, 2.05) is 63.2 Å². The Morgan fingerprint density at radius 3 is 2.43 bits per heavy atom. The highest BCUT2D eigenvalue weighted by Gasteiger charge is 2.25. The minimum Gasteiger partial charge on any atom is -0.444 e. The first-order chi connectivity index (χ1) is 14.3. The zero-order valence-electron chi connectivity index (χ0n) is 18.1. The fraction of sp³-hybridized carbons (Fsp3) is 0.478. The van der Waals surface area contributed by atoms with Crippen LogP contribution in [0.4, 0.5) is 15.3 Å². The van der Waals surface area contributed by atoms with E-state index in [9.17, 15) is 9.59 Å². The number of ether oxygens (including phenoxy) is 1. The summed E-state index contributed by atoms with van der Waals surface area (Å²) in [5.74, 6) is 0. The Balaban J connectivity index is 1.35. The van der Waals surface area contributed by atoms with E-state index in [1.54, 1.807) is 4.90 Å². The molecular weight excluding hydrogens is 380 g/mol. The van der Waals surface area contributed by atoms with E-state index in [0.717, 1.165) is 42.5 Å². The third-order valence-electron chi connectivity index (χ3n) is 5.00. The molecule has 0 aromatic heterocycles. The largest absolute Gasteiger partial charge is 0.444 e. The van der Waals surface area contributed by atoms with E-state index in [4.69, 9.17) is 4.74 Å². The first-order valence-electron chi connectivity index (χ1n) is 10.5. The number of piperazine rings is 1. The van der Waals surface area contributed by atoms with Crippen LogP contribution in [0.5, 0.6) is 0 Å². The van der Waals surface area contributed by atoms with Crippen LogP contribution < -0.4 is 10.6 Å². The average molecular weight is 413 g/mol. The van der Waals surface area contributed by atoms with Crippen LogP contribution in [0.1, 0.15) is 27.2 Å². The van der Waals surface area contributed by atoms with Gasteiger partial charge in [-0.3, -0.25) is 4.90 Å². The number of carbonyl (C=O) groups is 2. The quantitative estimate of drug-likeness (QED) is 0.731. The number of anilines is 1. The SMILES string of the molecule is CC(C)(C)OC(=O)N1CCN(CCCNC(=O)Nc2cccc3ccccc23)CC1. The van der Waals surface area contributed by atoms with Gasteiger partial charge in [0.1, 0.15) is 5.60 Å². The smallest absolute Gasteiger partial charge is 0.410 e. The topological polar surface area (TPSA) is 73.9 Å². The molecule has 0 radical (unpaired) electrons. The third-order valence-corrected chi connectivity index (χ3v) is 5.00. The Bertz CT molecular complexity index is 865. The molecule has 0 bridgehead atoms. The summed E-state index contributed by atoms with van der Waals surface area (Å²) in [5.41, 5.74) is 0.343. The zero-order valence-corrected chi connectivity index (χ0v) is 18.1. The van der Waals surface area contributed by atoms with Crippen molar-refractivity contribution < 1.29 is 14.3 Å². The molecule has 2 aromatic carbocycles. The van der Waals surface area contributed by atoms with Crippen molar-refractivity contribution in [1.82, 2.24) is 15.1 Å². The number of hydrogen-bond acceptors (Lipinski definition) is 4. The lowest BCUT2D eigenvalue weighted by atomic mass is 10.1. The highest BCUT2D eigenvalue weighted by atomic mass is 16.6. The van der Waals surface area contributed by atoms with E-state index in [-0.39, 0.29) is 12.1 Å². The normalized spacial score (nSPS) is 15.1. The van der Waals surface area contributed by atoms with Crippen molar-refractivity contribution in [3.8, 4) is 0 Å². The highest BCUT2D eigenvalue weighted by Crippen LogP contribution is 2.22. The summed E-state index contributed by atoms with van der Waals surface area (Å²) >= 11 is 0. The molecule has 1 aliphatic rings. The minimum atomic E-state index is -0.466. The summed E-state index contributed by atoms with van der Waals surface area (Å²) in [7, 11) is 0. The number of fused-ring (bicyclic) bond motifs is 1. The maximum absolute atomic E-state index is 12.2.